The van der Waals surface area contributed by atoms with Gasteiger partial charge in [-0.15, -0.1) is 0 Å². The molecule has 2 heterocycles. The zero-order valence-corrected chi connectivity index (χ0v) is 14.0. The summed E-state index contributed by atoms with van der Waals surface area (Å²) < 4.78 is 39.4. The Morgan fingerprint density at radius 2 is 2.04 bits per heavy atom. The molecule has 0 bridgehead atoms. The van der Waals surface area contributed by atoms with Crippen LogP contribution in [0.25, 0.3) is 0 Å². The summed E-state index contributed by atoms with van der Waals surface area (Å²) in [6.45, 7) is 1.13. The number of aromatic nitrogens is 2. The van der Waals surface area contributed by atoms with Crippen LogP contribution in [0.15, 0.2) is 34.9 Å². The summed E-state index contributed by atoms with van der Waals surface area (Å²) in [5, 5.41) is 3.85. The Kier molecular flexibility index (Phi) is 5.56. The van der Waals surface area contributed by atoms with Crippen molar-refractivity contribution in [1.82, 2.24) is 19.6 Å². The van der Waals surface area contributed by atoms with Gasteiger partial charge in [0.15, 0.2) is 5.82 Å². The van der Waals surface area contributed by atoms with E-state index in [1.54, 1.807) is 0 Å². The van der Waals surface area contributed by atoms with Gasteiger partial charge in [-0.25, -0.2) is 4.72 Å². The SMILES string of the molecule is O=S(=O)(NCCc1noc([C@H]2CCCO2)n1)NCc1ccccc1. The van der Waals surface area contributed by atoms with E-state index in [2.05, 4.69) is 19.6 Å². The molecule has 1 aromatic heterocycles. The Hall–Kier alpha value is -1.81. The van der Waals surface area contributed by atoms with Gasteiger partial charge in [0, 0.05) is 26.1 Å². The molecule has 3 rings (SSSR count). The van der Waals surface area contributed by atoms with Crippen LogP contribution in [0.1, 0.15) is 36.2 Å². The number of ether oxygens (including phenoxy) is 1. The summed E-state index contributed by atoms with van der Waals surface area (Å²) in [6.07, 6.45) is 2.07. The Balaban J connectivity index is 1.43. The van der Waals surface area contributed by atoms with Crippen LogP contribution >= 0.6 is 0 Å². The van der Waals surface area contributed by atoms with Gasteiger partial charge < -0.3 is 9.26 Å². The number of nitrogens with zero attached hydrogens (tertiary/aromatic N) is 2. The number of benzene rings is 1. The van der Waals surface area contributed by atoms with Crippen LogP contribution in [0.3, 0.4) is 0 Å². The first-order chi connectivity index (χ1) is 11.6. The van der Waals surface area contributed by atoms with Crippen molar-refractivity contribution in [3.63, 3.8) is 0 Å². The molecule has 24 heavy (non-hydrogen) atoms. The van der Waals surface area contributed by atoms with Crippen LogP contribution in [0.5, 0.6) is 0 Å². The minimum absolute atomic E-state index is 0.129. The van der Waals surface area contributed by atoms with Crippen molar-refractivity contribution in [2.45, 2.75) is 31.9 Å². The molecule has 2 N–H and O–H groups in total. The molecule has 1 aromatic carbocycles. The lowest BCUT2D eigenvalue weighted by molar-refractivity contribution is 0.0835. The third-order valence-electron chi connectivity index (χ3n) is 3.64. The van der Waals surface area contributed by atoms with Crippen molar-refractivity contribution in [2.24, 2.45) is 0 Å². The summed E-state index contributed by atoms with van der Waals surface area (Å²) in [7, 11) is -3.57. The second-order valence-corrected chi connectivity index (χ2v) is 7.09. The van der Waals surface area contributed by atoms with Crippen molar-refractivity contribution in [3.8, 4) is 0 Å². The van der Waals surface area contributed by atoms with E-state index in [9.17, 15) is 8.42 Å². The van der Waals surface area contributed by atoms with Gasteiger partial charge in [0.25, 0.3) is 16.1 Å². The largest absolute Gasteiger partial charge is 0.368 e. The average molecular weight is 352 g/mol. The normalized spacial score (nSPS) is 18.1. The summed E-state index contributed by atoms with van der Waals surface area (Å²) in [4.78, 5) is 4.25. The van der Waals surface area contributed by atoms with Gasteiger partial charge in [0.2, 0.25) is 0 Å². The second kappa shape index (κ2) is 7.84. The zero-order chi connectivity index (χ0) is 16.8. The molecule has 8 nitrogen and oxygen atoms in total. The average Bonchev–Trinajstić information content (AvgIpc) is 3.25. The van der Waals surface area contributed by atoms with Crippen molar-refractivity contribution >= 4 is 10.2 Å². The summed E-state index contributed by atoms with van der Waals surface area (Å²) in [6, 6.07) is 9.31. The maximum atomic E-state index is 11.9. The van der Waals surface area contributed by atoms with Gasteiger partial charge >= 0.3 is 0 Å². The van der Waals surface area contributed by atoms with E-state index in [1.165, 1.54) is 0 Å². The van der Waals surface area contributed by atoms with Gasteiger partial charge in [-0.3, -0.25) is 0 Å². The molecule has 130 valence electrons. The monoisotopic (exact) mass is 352 g/mol. The Morgan fingerprint density at radius 3 is 2.79 bits per heavy atom. The Bertz CT molecular complexity index is 742. The van der Waals surface area contributed by atoms with E-state index in [0.717, 1.165) is 18.4 Å². The van der Waals surface area contributed by atoms with Crippen molar-refractivity contribution < 1.29 is 17.7 Å². The van der Waals surface area contributed by atoms with E-state index in [-0.39, 0.29) is 19.2 Å². The highest BCUT2D eigenvalue weighted by Crippen LogP contribution is 2.26. The molecule has 0 aliphatic carbocycles. The highest BCUT2D eigenvalue weighted by Gasteiger charge is 2.23. The minimum Gasteiger partial charge on any atom is -0.368 e. The molecule has 1 saturated heterocycles. The van der Waals surface area contributed by atoms with Crippen LogP contribution < -0.4 is 9.44 Å². The number of hydrogen-bond acceptors (Lipinski definition) is 6. The van der Waals surface area contributed by atoms with E-state index < -0.39 is 10.2 Å². The second-order valence-electron chi connectivity index (χ2n) is 5.50. The fraction of sp³-hybridized carbons (Fsp3) is 0.467. The lowest BCUT2D eigenvalue weighted by Crippen LogP contribution is -2.37. The molecule has 1 fully saturated rings. The van der Waals surface area contributed by atoms with Crippen LogP contribution in [-0.2, 0) is 27.9 Å². The van der Waals surface area contributed by atoms with Gasteiger partial charge in [-0.2, -0.15) is 18.1 Å². The topological polar surface area (TPSA) is 106 Å². The molecule has 2 aromatic rings. The van der Waals surface area contributed by atoms with E-state index in [0.29, 0.717) is 24.7 Å². The van der Waals surface area contributed by atoms with Gasteiger partial charge in [0.1, 0.15) is 6.10 Å². The van der Waals surface area contributed by atoms with Gasteiger partial charge in [-0.1, -0.05) is 35.5 Å². The van der Waals surface area contributed by atoms with Gasteiger partial charge in [0.05, 0.1) is 0 Å². The maximum Gasteiger partial charge on any atom is 0.277 e. The molecule has 0 spiro atoms. The molecular formula is C15H20N4O4S. The van der Waals surface area contributed by atoms with Crippen molar-refractivity contribution in [3.05, 3.63) is 47.6 Å². The quantitative estimate of drug-likeness (QED) is 0.736. The fourth-order valence-electron chi connectivity index (χ4n) is 2.39. The lowest BCUT2D eigenvalue weighted by atomic mass is 10.2. The number of rotatable bonds is 8. The molecule has 0 amide bonds. The molecule has 0 saturated carbocycles. The Labute approximate surface area is 140 Å². The van der Waals surface area contributed by atoms with E-state index in [4.69, 9.17) is 9.26 Å². The summed E-state index contributed by atoms with van der Waals surface area (Å²) >= 11 is 0. The Morgan fingerprint density at radius 1 is 1.21 bits per heavy atom. The lowest BCUT2D eigenvalue weighted by Gasteiger charge is -2.07. The van der Waals surface area contributed by atoms with E-state index >= 15 is 0 Å². The van der Waals surface area contributed by atoms with Gasteiger partial charge in [-0.05, 0) is 18.4 Å². The third-order valence-corrected chi connectivity index (χ3v) is 4.75. The summed E-state index contributed by atoms with van der Waals surface area (Å²) in [5.41, 5.74) is 0.891. The standard InChI is InChI=1S/C15H20N4O4S/c20-24(21,17-11-12-5-2-1-3-6-12)16-9-8-14-18-15(23-19-14)13-7-4-10-22-13/h1-3,5-6,13,16-17H,4,7-11H2/t13-/m1/s1. The molecule has 0 unspecified atom stereocenters. The van der Waals surface area contributed by atoms with Crippen molar-refractivity contribution in [1.29, 1.82) is 0 Å². The highest BCUT2D eigenvalue weighted by atomic mass is 32.2. The predicted molar refractivity (Wildman–Crippen MR) is 86.1 cm³/mol. The first-order valence-corrected chi connectivity index (χ1v) is 9.33. The predicted octanol–water partition coefficient (Wildman–Crippen LogP) is 1.09. The first kappa shape index (κ1) is 17.0. The van der Waals surface area contributed by atoms with E-state index in [1.807, 2.05) is 30.3 Å². The zero-order valence-electron chi connectivity index (χ0n) is 13.1. The summed E-state index contributed by atoms with van der Waals surface area (Å²) in [5.74, 6) is 0.929. The first-order valence-electron chi connectivity index (χ1n) is 7.85. The van der Waals surface area contributed by atoms with Crippen LogP contribution in [0.2, 0.25) is 0 Å². The molecule has 1 atom stereocenters. The minimum atomic E-state index is -3.57. The maximum absolute atomic E-state index is 11.9. The third kappa shape index (κ3) is 4.84. The van der Waals surface area contributed by atoms with Crippen molar-refractivity contribution in [2.75, 3.05) is 13.2 Å². The molecule has 9 heteroatoms. The highest BCUT2D eigenvalue weighted by molar-refractivity contribution is 7.87. The number of hydrogen-bond donors (Lipinski definition) is 2. The molecule has 1 aliphatic heterocycles. The van der Waals surface area contributed by atoms with Crippen LogP contribution in [0.4, 0.5) is 0 Å². The van der Waals surface area contributed by atoms with Crippen LogP contribution in [-0.4, -0.2) is 31.7 Å². The fourth-order valence-corrected chi connectivity index (χ4v) is 3.22. The molecular weight excluding hydrogens is 332 g/mol. The number of nitrogens with one attached hydrogen (secondary N) is 2. The van der Waals surface area contributed by atoms with Crippen LogP contribution in [0, 0.1) is 0 Å². The smallest absolute Gasteiger partial charge is 0.277 e. The molecule has 0 radical (unpaired) electrons. The molecule has 1 aliphatic rings.